The van der Waals surface area contributed by atoms with Crippen LogP contribution in [0.3, 0.4) is 0 Å². The van der Waals surface area contributed by atoms with Gasteiger partial charge >= 0.3 is 6.18 Å². The van der Waals surface area contributed by atoms with Gasteiger partial charge in [-0.1, -0.05) is 36.4 Å². The summed E-state index contributed by atoms with van der Waals surface area (Å²) in [7, 11) is 0. The normalized spacial score (nSPS) is 11.3. The van der Waals surface area contributed by atoms with E-state index in [-0.39, 0.29) is 22.9 Å². The molecule has 0 radical (unpaired) electrons. The third kappa shape index (κ3) is 4.84. The zero-order valence-electron chi connectivity index (χ0n) is 15.0. The van der Waals surface area contributed by atoms with Gasteiger partial charge in [-0.15, -0.1) is 11.3 Å². The Labute approximate surface area is 177 Å². The quantitative estimate of drug-likeness (QED) is 0.381. The van der Waals surface area contributed by atoms with E-state index in [4.69, 9.17) is 11.6 Å². The summed E-state index contributed by atoms with van der Waals surface area (Å²) < 4.78 is 38.7. The number of hydrogen-bond donors (Lipinski definition) is 2. The molecule has 2 aromatic heterocycles. The molecule has 152 valence electrons. The van der Waals surface area contributed by atoms with Crippen molar-refractivity contribution >= 4 is 45.7 Å². The fourth-order valence-corrected chi connectivity index (χ4v) is 3.41. The summed E-state index contributed by atoms with van der Waals surface area (Å²) in [4.78, 5) is 16.5. The van der Waals surface area contributed by atoms with Crippen molar-refractivity contribution < 1.29 is 13.2 Å². The van der Waals surface area contributed by atoms with Gasteiger partial charge in [0.15, 0.2) is 5.13 Å². The summed E-state index contributed by atoms with van der Waals surface area (Å²) >= 11 is 7.30. The van der Waals surface area contributed by atoms with Gasteiger partial charge in [0, 0.05) is 16.6 Å². The van der Waals surface area contributed by atoms with Crippen LogP contribution in [-0.4, -0.2) is 19.9 Å². The number of alkyl halides is 3. The molecule has 0 saturated heterocycles. The monoisotopic (exact) mass is 448 g/mol. The summed E-state index contributed by atoms with van der Waals surface area (Å²) in [5.74, 6) is 0.107. The third-order valence-corrected chi connectivity index (χ3v) is 4.77. The highest BCUT2D eigenvalue weighted by molar-refractivity contribution is 7.14. The Kier molecular flexibility index (Phi) is 5.51. The van der Waals surface area contributed by atoms with Crippen LogP contribution in [0.1, 0.15) is 5.56 Å². The van der Waals surface area contributed by atoms with Crippen LogP contribution in [0.4, 0.5) is 35.9 Å². The standard InChI is InChI=1S/C19H12ClF3N6S/c20-15-26-16(24-13-8-4-7-12(9-13)19(21,22)23)28-17(27-15)29-18-25-14(10-30-18)11-5-2-1-3-6-11/h1-10H,(H2,24,25,26,27,28,29). The first-order valence-electron chi connectivity index (χ1n) is 8.51. The molecular formula is C19H12ClF3N6S. The first kappa shape index (κ1) is 20.0. The first-order chi connectivity index (χ1) is 14.4. The Morgan fingerprint density at radius 3 is 2.30 bits per heavy atom. The molecule has 4 aromatic rings. The van der Waals surface area contributed by atoms with Crippen LogP contribution in [0.2, 0.25) is 5.28 Å². The molecule has 11 heteroatoms. The first-order valence-corrected chi connectivity index (χ1v) is 9.76. The lowest BCUT2D eigenvalue weighted by Crippen LogP contribution is -2.07. The van der Waals surface area contributed by atoms with E-state index in [1.807, 2.05) is 35.7 Å². The zero-order chi connectivity index (χ0) is 21.1. The molecule has 4 rings (SSSR count). The van der Waals surface area contributed by atoms with Crippen LogP contribution in [0.15, 0.2) is 60.0 Å². The largest absolute Gasteiger partial charge is 0.416 e. The molecule has 2 N–H and O–H groups in total. The number of thiazole rings is 1. The maximum atomic E-state index is 12.9. The van der Waals surface area contributed by atoms with Crippen LogP contribution in [0, 0.1) is 0 Å². The lowest BCUT2D eigenvalue weighted by atomic mass is 10.2. The summed E-state index contributed by atoms with van der Waals surface area (Å²) in [5.41, 5.74) is 1.12. The number of halogens is 4. The Bertz CT molecular complexity index is 1170. The fourth-order valence-electron chi connectivity index (χ4n) is 2.53. The molecule has 0 atom stereocenters. The molecule has 0 aliphatic carbocycles. The molecule has 0 amide bonds. The molecule has 2 aromatic carbocycles. The van der Waals surface area contributed by atoms with Gasteiger partial charge < -0.3 is 5.32 Å². The van der Waals surface area contributed by atoms with Crippen molar-refractivity contribution in [2.45, 2.75) is 6.18 Å². The summed E-state index contributed by atoms with van der Waals surface area (Å²) in [6.07, 6.45) is -4.46. The van der Waals surface area contributed by atoms with E-state index in [1.54, 1.807) is 0 Å². The van der Waals surface area contributed by atoms with Crippen LogP contribution < -0.4 is 10.6 Å². The van der Waals surface area contributed by atoms with Gasteiger partial charge in [-0.3, -0.25) is 5.32 Å². The highest BCUT2D eigenvalue weighted by Crippen LogP contribution is 2.31. The van der Waals surface area contributed by atoms with Crippen molar-refractivity contribution in [2.75, 3.05) is 10.6 Å². The van der Waals surface area contributed by atoms with Crippen LogP contribution >= 0.6 is 22.9 Å². The summed E-state index contributed by atoms with van der Waals surface area (Å²) in [6.45, 7) is 0. The smallest absolute Gasteiger partial charge is 0.324 e. The SMILES string of the molecule is FC(F)(F)c1cccc(Nc2nc(Cl)nc(Nc3nc(-c4ccccc4)cs3)n2)c1. The van der Waals surface area contributed by atoms with E-state index < -0.39 is 11.7 Å². The lowest BCUT2D eigenvalue weighted by Gasteiger charge is -2.10. The van der Waals surface area contributed by atoms with E-state index >= 15 is 0 Å². The van der Waals surface area contributed by atoms with Crippen LogP contribution in [0.25, 0.3) is 11.3 Å². The molecule has 0 saturated carbocycles. The second-order valence-corrected chi connectivity index (χ2v) is 7.18. The van der Waals surface area contributed by atoms with Gasteiger partial charge in [0.05, 0.1) is 11.3 Å². The number of rotatable bonds is 5. The Hall–Kier alpha value is -3.24. The lowest BCUT2D eigenvalue weighted by molar-refractivity contribution is -0.137. The predicted octanol–water partition coefficient (Wildman–Crippen LogP) is 6.15. The average molecular weight is 449 g/mol. The molecule has 30 heavy (non-hydrogen) atoms. The minimum absolute atomic E-state index is 0.00309. The maximum absolute atomic E-state index is 12.9. The number of nitrogens with zero attached hydrogens (tertiary/aromatic N) is 4. The third-order valence-electron chi connectivity index (χ3n) is 3.85. The van der Waals surface area contributed by atoms with Gasteiger partial charge in [-0.2, -0.15) is 28.1 Å². The van der Waals surface area contributed by atoms with Gasteiger partial charge in [0.1, 0.15) is 0 Å². The molecule has 0 fully saturated rings. The molecule has 0 aliphatic rings. The Balaban J connectivity index is 1.54. The molecule has 6 nitrogen and oxygen atoms in total. The van der Waals surface area contributed by atoms with Crippen molar-refractivity contribution in [1.82, 2.24) is 19.9 Å². The van der Waals surface area contributed by atoms with E-state index in [2.05, 4.69) is 30.6 Å². The zero-order valence-corrected chi connectivity index (χ0v) is 16.6. The minimum atomic E-state index is -4.46. The fraction of sp³-hybridized carbons (Fsp3) is 0.0526. The second kappa shape index (κ2) is 8.25. The van der Waals surface area contributed by atoms with E-state index in [1.165, 1.54) is 23.5 Å². The van der Waals surface area contributed by atoms with Gasteiger partial charge in [0.2, 0.25) is 17.2 Å². The highest BCUT2D eigenvalue weighted by atomic mass is 35.5. The number of aromatic nitrogens is 4. The predicted molar refractivity (Wildman–Crippen MR) is 110 cm³/mol. The molecule has 0 unspecified atom stereocenters. The topological polar surface area (TPSA) is 75.6 Å². The second-order valence-electron chi connectivity index (χ2n) is 5.98. The van der Waals surface area contributed by atoms with E-state index in [9.17, 15) is 13.2 Å². The van der Waals surface area contributed by atoms with Crippen molar-refractivity contribution in [3.8, 4) is 11.3 Å². The van der Waals surface area contributed by atoms with Gasteiger partial charge in [0.25, 0.3) is 0 Å². The summed E-state index contributed by atoms with van der Waals surface area (Å²) in [5, 5.41) is 7.93. The molecular weight excluding hydrogens is 437 g/mol. The van der Waals surface area contributed by atoms with Crippen molar-refractivity contribution in [1.29, 1.82) is 0 Å². The van der Waals surface area contributed by atoms with Crippen molar-refractivity contribution in [3.63, 3.8) is 0 Å². The van der Waals surface area contributed by atoms with E-state index in [0.717, 1.165) is 23.4 Å². The minimum Gasteiger partial charge on any atom is -0.324 e. The number of nitrogens with one attached hydrogen (secondary N) is 2. The van der Waals surface area contributed by atoms with Crippen molar-refractivity contribution in [3.05, 3.63) is 70.8 Å². The maximum Gasteiger partial charge on any atom is 0.416 e. The Morgan fingerprint density at radius 2 is 1.57 bits per heavy atom. The molecule has 0 bridgehead atoms. The number of benzene rings is 2. The van der Waals surface area contributed by atoms with E-state index in [0.29, 0.717) is 5.13 Å². The average Bonchev–Trinajstić information content (AvgIpc) is 3.16. The van der Waals surface area contributed by atoms with Crippen LogP contribution in [0.5, 0.6) is 0 Å². The number of hydrogen-bond acceptors (Lipinski definition) is 7. The molecule has 2 heterocycles. The summed E-state index contributed by atoms with van der Waals surface area (Å²) in [6, 6.07) is 14.3. The van der Waals surface area contributed by atoms with Gasteiger partial charge in [-0.25, -0.2) is 4.98 Å². The number of anilines is 4. The Morgan fingerprint density at radius 1 is 0.833 bits per heavy atom. The molecule has 0 spiro atoms. The van der Waals surface area contributed by atoms with Crippen molar-refractivity contribution in [2.24, 2.45) is 0 Å². The molecule has 0 aliphatic heterocycles. The van der Waals surface area contributed by atoms with Crippen LogP contribution in [-0.2, 0) is 6.18 Å². The van der Waals surface area contributed by atoms with Gasteiger partial charge in [-0.05, 0) is 29.8 Å². The highest BCUT2D eigenvalue weighted by Gasteiger charge is 2.30.